The third kappa shape index (κ3) is 2.35. The third-order valence-corrected chi connectivity index (χ3v) is 3.83. The molecule has 3 nitrogen and oxygen atoms in total. The van der Waals surface area contributed by atoms with Gasteiger partial charge in [0.15, 0.2) is 0 Å². The Balaban J connectivity index is 2.31. The van der Waals surface area contributed by atoms with E-state index in [-0.39, 0.29) is 18.7 Å². The van der Waals surface area contributed by atoms with Gasteiger partial charge in [-0.25, -0.2) is 4.98 Å². The molecule has 0 aromatic carbocycles. The first-order valence-electron chi connectivity index (χ1n) is 5.64. The average molecular weight is 290 g/mol. The van der Waals surface area contributed by atoms with Crippen LogP contribution < -0.4 is 4.90 Å². The summed E-state index contributed by atoms with van der Waals surface area (Å²) in [6, 6.07) is 1.96. The molecule has 0 atom stereocenters. The highest BCUT2D eigenvalue weighted by molar-refractivity contribution is 6.32. The fraction of sp³-hybridized carbons (Fsp3) is 0.500. The fourth-order valence-electron chi connectivity index (χ4n) is 2.03. The van der Waals surface area contributed by atoms with E-state index in [1.807, 2.05) is 6.07 Å². The van der Waals surface area contributed by atoms with Crippen molar-refractivity contribution in [3.8, 4) is 6.07 Å². The molecule has 1 aromatic heterocycles. The molecule has 1 aliphatic rings. The molecule has 102 valence electrons. The van der Waals surface area contributed by atoms with Crippen LogP contribution in [0.25, 0.3) is 0 Å². The first-order valence-corrected chi connectivity index (χ1v) is 6.02. The Labute approximate surface area is 113 Å². The van der Waals surface area contributed by atoms with Crippen LogP contribution in [0.1, 0.15) is 16.8 Å². The maximum absolute atomic E-state index is 12.5. The number of pyridine rings is 1. The Morgan fingerprint density at radius 3 is 2.42 bits per heavy atom. The molecule has 0 aliphatic carbocycles. The lowest BCUT2D eigenvalue weighted by atomic mass is 9.98. The Bertz CT molecular complexity index is 557. The van der Waals surface area contributed by atoms with Crippen molar-refractivity contribution in [3.05, 3.63) is 21.8 Å². The van der Waals surface area contributed by atoms with Crippen molar-refractivity contribution < 1.29 is 13.2 Å². The summed E-state index contributed by atoms with van der Waals surface area (Å²) in [4.78, 5) is 5.61. The monoisotopic (exact) mass is 289 g/mol. The van der Waals surface area contributed by atoms with E-state index in [9.17, 15) is 13.2 Å². The number of hydrogen-bond acceptors (Lipinski definition) is 3. The van der Waals surface area contributed by atoms with Crippen LogP contribution >= 0.6 is 11.6 Å². The topological polar surface area (TPSA) is 39.9 Å². The first-order chi connectivity index (χ1) is 8.75. The van der Waals surface area contributed by atoms with E-state index >= 15 is 0 Å². The van der Waals surface area contributed by atoms with Crippen LogP contribution in [0, 0.1) is 31.1 Å². The Morgan fingerprint density at radius 1 is 1.37 bits per heavy atom. The standard InChI is InChI=1S/C12H11ClF3N3/c1-6-9(3-17)11(18-7(2)10(6)13)19-4-8(5-19)12(14,15)16/h8H,4-5H2,1-2H3. The molecule has 0 radical (unpaired) electrons. The Hall–Kier alpha value is -1.48. The quantitative estimate of drug-likeness (QED) is 0.797. The second-order valence-electron chi connectivity index (χ2n) is 4.59. The highest BCUT2D eigenvalue weighted by Gasteiger charge is 2.48. The largest absolute Gasteiger partial charge is 0.395 e. The Kier molecular flexibility index (Phi) is 3.35. The molecule has 1 aliphatic heterocycles. The van der Waals surface area contributed by atoms with Crippen molar-refractivity contribution in [3.63, 3.8) is 0 Å². The SMILES string of the molecule is Cc1nc(N2CC(C(F)(F)F)C2)c(C#N)c(C)c1Cl. The summed E-state index contributed by atoms with van der Waals surface area (Å²) >= 11 is 5.99. The van der Waals surface area contributed by atoms with E-state index in [1.54, 1.807) is 13.8 Å². The lowest BCUT2D eigenvalue weighted by Gasteiger charge is -2.41. The smallest absolute Gasteiger partial charge is 0.354 e. The number of aromatic nitrogens is 1. The zero-order valence-corrected chi connectivity index (χ0v) is 11.1. The molecule has 19 heavy (non-hydrogen) atoms. The van der Waals surface area contributed by atoms with E-state index in [0.29, 0.717) is 22.1 Å². The molecule has 0 amide bonds. The summed E-state index contributed by atoms with van der Waals surface area (Å²) in [6.07, 6.45) is -4.19. The van der Waals surface area contributed by atoms with Crippen LogP contribution in [0.3, 0.4) is 0 Å². The van der Waals surface area contributed by atoms with E-state index in [2.05, 4.69) is 4.98 Å². The number of hydrogen-bond donors (Lipinski definition) is 0. The van der Waals surface area contributed by atoms with Gasteiger partial charge in [-0.3, -0.25) is 0 Å². The van der Waals surface area contributed by atoms with Crippen LogP contribution in [0.2, 0.25) is 5.02 Å². The van der Waals surface area contributed by atoms with Crippen molar-refractivity contribution in [2.75, 3.05) is 18.0 Å². The second-order valence-corrected chi connectivity index (χ2v) is 4.97. The molecule has 7 heteroatoms. The predicted molar refractivity (Wildman–Crippen MR) is 65.2 cm³/mol. The van der Waals surface area contributed by atoms with Crippen LogP contribution in [0.5, 0.6) is 0 Å². The van der Waals surface area contributed by atoms with Gasteiger partial charge in [-0.15, -0.1) is 0 Å². The van der Waals surface area contributed by atoms with Crippen LogP contribution in [0.4, 0.5) is 19.0 Å². The molecule has 0 bridgehead atoms. The van der Waals surface area contributed by atoms with Gasteiger partial charge < -0.3 is 4.90 Å². The van der Waals surface area contributed by atoms with Crippen molar-refractivity contribution >= 4 is 17.4 Å². The second kappa shape index (κ2) is 4.57. The van der Waals surface area contributed by atoms with Gasteiger partial charge in [-0.05, 0) is 19.4 Å². The number of nitriles is 1. The van der Waals surface area contributed by atoms with Gasteiger partial charge in [0, 0.05) is 13.1 Å². The molecule has 0 N–H and O–H groups in total. The highest BCUT2D eigenvalue weighted by Crippen LogP contribution is 2.38. The van der Waals surface area contributed by atoms with Crippen LogP contribution in [-0.2, 0) is 0 Å². The summed E-state index contributed by atoms with van der Waals surface area (Å²) in [5.74, 6) is -1.06. The van der Waals surface area contributed by atoms with Gasteiger partial charge in [-0.1, -0.05) is 11.6 Å². The van der Waals surface area contributed by atoms with Gasteiger partial charge in [-0.2, -0.15) is 18.4 Å². The van der Waals surface area contributed by atoms with Gasteiger partial charge in [0.25, 0.3) is 0 Å². The van der Waals surface area contributed by atoms with Crippen molar-refractivity contribution in [1.29, 1.82) is 5.26 Å². The summed E-state index contributed by atoms with van der Waals surface area (Å²) in [7, 11) is 0. The van der Waals surface area contributed by atoms with Gasteiger partial charge in [0.1, 0.15) is 11.9 Å². The lowest BCUT2D eigenvalue weighted by Crippen LogP contribution is -2.54. The van der Waals surface area contributed by atoms with E-state index in [4.69, 9.17) is 16.9 Å². The normalized spacial score (nSPS) is 16.2. The minimum Gasteiger partial charge on any atom is -0.354 e. The van der Waals surface area contributed by atoms with Crippen molar-refractivity contribution in [1.82, 2.24) is 4.98 Å². The number of aryl methyl sites for hydroxylation is 1. The zero-order chi connectivity index (χ0) is 14.4. The highest BCUT2D eigenvalue weighted by atomic mass is 35.5. The van der Waals surface area contributed by atoms with Gasteiger partial charge in [0.05, 0.1) is 22.2 Å². The minimum absolute atomic E-state index is 0.161. The maximum Gasteiger partial charge on any atom is 0.395 e. The van der Waals surface area contributed by atoms with Crippen LogP contribution in [-0.4, -0.2) is 24.2 Å². The molecular weight excluding hydrogens is 279 g/mol. The molecule has 1 fully saturated rings. The third-order valence-electron chi connectivity index (χ3n) is 3.27. The minimum atomic E-state index is -4.19. The number of alkyl halides is 3. The van der Waals surface area contributed by atoms with Gasteiger partial charge in [0.2, 0.25) is 0 Å². The lowest BCUT2D eigenvalue weighted by molar-refractivity contribution is -0.180. The predicted octanol–water partition coefficient (Wildman–Crippen LogP) is 3.22. The van der Waals surface area contributed by atoms with E-state index in [0.717, 1.165) is 0 Å². The van der Waals surface area contributed by atoms with E-state index in [1.165, 1.54) is 4.90 Å². The summed E-state index contributed by atoms with van der Waals surface area (Å²) < 4.78 is 37.4. The summed E-state index contributed by atoms with van der Waals surface area (Å²) in [5.41, 5.74) is 1.32. The Morgan fingerprint density at radius 2 is 1.95 bits per heavy atom. The first kappa shape index (κ1) is 13.9. The van der Waals surface area contributed by atoms with E-state index < -0.39 is 12.1 Å². The zero-order valence-electron chi connectivity index (χ0n) is 10.3. The van der Waals surface area contributed by atoms with Gasteiger partial charge >= 0.3 is 6.18 Å². The fourth-order valence-corrected chi connectivity index (χ4v) is 2.17. The molecule has 1 aromatic rings. The van der Waals surface area contributed by atoms with Crippen molar-refractivity contribution in [2.24, 2.45) is 5.92 Å². The molecule has 0 spiro atoms. The number of anilines is 1. The summed E-state index contributed by atoms with van der Waals surface area (Å²) in [6.45, 7) is 3.01. The van der Waals surface area contributed by atoms with Crippen molar-refractivity contribution in [2.45, 2.75) is 20.0 Å². The molecule has 0 saturated carbocycles. The molecule has 2 heterocycles. The molecule has 2 rings (SSSR count). The molecular formula is C12H11ClF3N3. The summed E-state index contributed by atoms with van der Waals surface area (Å²) in [5, 5.41) is 9.49. The number of nitrogens with zero attached hydrogens (tertiary/aromatic N) is 3. The number of halogens is 4. The molecule has 0 unspecified atom stereocenters. The number of rotatable bonds is 1. The average Bonchev–Trinajstić information content (AvgIpc) is 2.22. The maximum atomic E-state index is 12.5. The van der Waals surface area contributed by atoms with Crippen LogP contribution in [0.15, 0.2) is 0 Å². The molecule has 1 saturated heterocycles.